The molecule has 0 aromatic heterocycles. The van der Waals surface area contributed by atoms with Gasteiger partial charge < -0.3 is 30.2 Å². The molecule has 0 saturated carbocycles. The van der Waals surface area contributed by atoms with Crippen LogP contribution < -0.4 is 30.2 Å². The van der Waals surface area contributed by atoms with Crippen LogP contribution in [-0.4, -0.2) is 52.8 Å². The van der Waals surface area contributed by atoms with Gasteiger partial charge in [-0.1, -0.05) is 23.7 Å². The molecule has 2 rings (SSSR count). The molecule has 0 heterocycles. The fraction of sp³-hybridized carbons (Fsp3) is 0.364. The van der Waals surface area contributed by atoms with Gasteiger partial charge in [-0.25, -0.2) is 4.99 Å². The molecule has 3 N–H and O–H groups in total. The highest BCUT2D eigenvalue weighted by Crippen LogP contribution is 2.38. The second-order valence-electron chi connectivity index (χ2n) is 6.39. The first kappa shape index (κ1) is 27.6. The van der Waals surface area contributed by atoms with Crippen molar-refractivity contribution in [3.05, 3.63) is 52.5 Å². The summed E-state index contributed by atoms with van der Waals surface area (Å²) in [6.45, 7) is 4.00. The van der Waals surface area contributed by atoms with Gasteiger partial charge in [0, 0.05) is 19.6 Å². The third kappa shape index (κ3) is 7.94. The van der Waals surface area contributed by atoms with Crippen LogP contribution in [0.3, 0.4) is 0 Å². The zero-order valence-electron chi connectivity index (χ0n) is 18.7. The molecule has 0 aliphatic heterocycles. The van der Waals surface area contributed by atoms with E-state index in [4.69, 9.17) is 25.8 Å². The molecule has 2 aromatic carbocycles. The number of nitrogens with zero attached hydrogens (tertiary/aromatic N) is 1. The molecule has 0 aliphatic carbocycles. The molecule has 1 amide bonds. The quantitative estimate of drug-likeness (QED) is 0.174. The van der Waals surface area contributed by atoms with Gasteiger partial charge in [0.15, 0.2) is 17.5 Å². The van der Waals surface area contributed by atoms with Crippen molar-refractivity contribution in [1.29, 1.82) is 0 Å². The third-order valence-electron chi connectivity index (χ3n) is 4.31. The van der Waals surface area contributed by atoms with Crippen molar-refractivity contribution in [2.45, 2.75) is 13.5 Å². The largest absolute Gasteiger partial charge is 0.493 e. The maximum Gasteiger partial charge on any atom is 0.252 e. The molecule has 8 nitrogen and oxygen atoms in total. The van der Waals surface area contributed by atoms with Crippen molar-refractivity contribution in [3.63, 3.8) is 0 Å². The first-order chi connectivity index (χ1) is 15.0. The number of nitrogens with one attached hydrogen (secondary N) is 3. The normalized spacial score (nSPS) is 10.6. The zero-order chi connectivity index (χ0) is 22.6. The molecule has 0 atom stereocenters. The van der Waals surface area contributed by atoms with Gasteiger partial charge in [-0.3, -0.25) is 4.79 Å². The van der Waals surface area contributed by atoms with E-state index < -0.39 is 0 Å². The van der Waals surface area contributed by atoms with E-state index in [1.54, 1.807) is 45.6 Å². The Kier molecular flexibility index (Phi) is 12.6. The Bertz CT molecular complexity index is 886. The summed E-state index contributed by atoms with van der Waals surface area (Å²) in [5.41, 5.74) is 1.35. The standard InChI is InChI=1S/C22H29ClN4O4.HI/c1-5-24-22(26-11-10-25-21(28)16-8-6-7-9-17(16)23)27-14-15-12-18(29-2)20(31-4)19(13-15)30-3;/h6-9,12-13H,5,10-11,14H2,1-4H3,(H,25,28)(H2,24,26,27);1H. The summed E-state index contributed by atoms with van der Waals surface area (Å²) < 4.78 is 16.1. The number of hydrogen-bond acceptors (Lipinski definition) is 5. The fourth-order valence-corrected chi connectivity index (χ4v) is 3.06. The van der Waals surface area contributed by atoms with Crippen molar-refractivity contribution >= 4 is 47.4 Å². The van der Waals surface area contributed by atoms with Crippen molar-refractivity contribution in [1.82, 2.24) is 16.0 Å². The number of halogens is 2. The lowest BCUT2D eigenvalue weighted by Crippen LogP contribution is -2.41. The molecule has 0 saturated heterocycles. The number of methoxy groups -OCH3 is 3. The van der Waals surface area contributed by atoms with Crippen molar-refractivity contribution in [2.24, 2.45) is 4.99 Å². The summed E-state index contributed by atoms with van der Waals surface area (Å²) in [5, 5.41) is 9.64. The maximum absolute atomic E-state index is 12.2. The molecule has 0 aliphatic rings. The summed E-state index contributed by atoms with van der Waals surface area (Å²) >= 11 is 6.05. The van der Waals surface area contributed by atoms with Gasteiger partial charge in [-0.2, -0.15) is 0 Å². The number of aliphatic imine (C=N–C) groups is 1. The van der Waals surface area contributed by atoms with E-state index in [0.717, 1.165) is 5.56 Å². The number of benzene rings is 2. The lowest BCUT2D eigenvalue weighted by molar-refractivity contribution is 0.0954. The number of guanidine groups is 1. The molecule has 32 heavy (non-hydrogen) atoms. The Hall–Kier alpha value is -2.40. The van der Waals surface area contributed by atoms with Crippen LogP contribution in [0.25, 0.3) is 0 Å². The summed E-state index contributed by atoms with van der Waals surface area (Å²) in [4.78, 5) is 16.8. The van der Waals surface area contributed by atoms with E-state index in [1.807, 2.05) is 19.1 Å². The lowest BCUT2D eigenvalue weighted by Gasteiger charge is -2.14. The fourth-order valence-electron chi connectivity index (χ4n) is 2.84. The average Bonchev–Trinajstić information content (AvgIpc) is 2.79. The van der Waals surface area contributed by atoms with Gasteiger partial charge in [0.1, 0.15) is 0 Å². The molecule has 176 valence electrons. The molecule has 0 spiro atoms. The van der Waals surface area contributed by atoms with Gasteiger partial charge in [0.05, 0.1) is 38.5 Å². The summed E-state index contributed by atoms with van der Waals surface area (Å²) in [6.07, 6.45) is 0. The van der Waals surface area contributed by atoms with Gasteiger partial charge in [-0.15, -0.1) is 24.0 Å². The van der Waals surface area contributed by atoms with Gasteiger partial charge in [0.2, 0.25) is 5.75 Å². The first-order valence-corrected chi connectivity index (χ1v) is 10.3. The SMILES string of the molecule is CCNC(=NCc1cc(OC)c(OC)c(OC)c1)NCCNC(=O)c1ccccc1Cl.I. The van der Waals surface area contributed by atoms with E-state index in [2.05, 4.69) is 20.9 Å². The van der Waals surface area contributed by atoms with Crippen molar-refractivity contribution in [3.8, 4) is 17.2 Å². The Balaban J connectivity index is 0.00000512. The number of hydrogen-bond donors (Lipinski definition) is 3. The number of carbonyl (C=O) groups is 1. The number of rotatable bonds is 10. The van der Waals surface area contributed by atoms with E-state index in [-0.39, 0.29) is 29.9 Å². The second-order valence-corrected chi connectivity index (χ2v) is 6.80. The second kappa shape index (κ2) is 14.6. The zero-order valence-corrected chi connectivity index (χ0v) is 21.7. The Morgan fingerprint density at radius 2 is 1.59 bits per heavy atom. The minimum atomic E-state index is -0.216. The van der Waals surface area contributed by atoms with Crippen LogP contribution in [0.5, 0.6) is 17.2 Å². The van der Waals surface area contributed by atoms with Crippen LogP contribution in [0.4, 0.5) is 0 Å². The topological polar surface area (TPSA) is 93.2 Å². The number of ether oxygens (including phenoxy) is 3. The van der Waals surface area contributed by atoms with Crippen LogP contribution in [0.2, 0.25) is 5.02 Å². The van der Waals surface area contributed by atoms with Crippen LogP contribution in [0.15, 0.2) is 41.4 Å². The highest BCUT2D eigenvalue weighted by Gasteiger charge is 2.13. The van der Waals surface area contributed by atoms with Crippen molar-refractivity contribution in [2.75, 3.05) is 41.0 Å². The molecule has 0 unspecified atom stereocenters. The van der Waals surface area contributed by atoms with Gasteiger partial charge >= 0.3 is 0 Å². The highest BCUT2D eigenvalue weighted by atomic mass is 127. The third-order valence-corrected chi connectivity index (χ3v) is 4.64. The van der Waals surface area contributed by atoms with E-state index in [1.165, 1.54) is 0 Å². The minimum absolute atomic E-state index is 0. The molecule has 2 aromatic rings. The monoisotopic (exact) mass is 576 g/mol. The van der Waals surface area contributed by atoms with Crippen LogP contribution in [0.1, 0.15) is 22.8 Å². The highest BCUT2D eigenvalue weighted by molar-refractivity contribution is 14.0. The molecular weight excluding hydrogens is 547 g/mol. The summed E-state index contributed by atoms with van der Waals surface area (Å²) in [6, 6.07) is 10.7. The predicted octanol–water partition coefficient (Wildman–Crippen LogP) is 3.47. The average molecular weight is 577 g/mol. The van der Waals surface area contributed by atoms with Crippen LogP contribution in [-0.2, 0) is 6.54 Å². The van der Waals surface area contributed by atoms with E-state index in [0.29, 0.717) is 60.0 Å². The maximum atomic E-state index is 12.2. The predicted molar refractivity (Wildman–Crippen MR) is 138 cm³/mol. The molecular formula is C22H30ClIN4O4. The van der Waals surface area contributed by atoms with Crippen LogP contribution >= 0.6 is 35.6 Å². The van der Waals surface area contributed by atoms with Crippen LogP contribution in [0, 0.1) is 0 Å². The van der Waals surface area contributed by atoms with Crippen molar-refractivity contribution < 1.29 is 19.0 Å². The Labute approximate surface area is 211 Å². The van der Waals surface area contributed by atoms with Gasteiger partial charge in [0.25, 0.3) is 5.91 Å². The van der Waals surface area contributed by atoms with E-state index >= 15 is 0 Å². The van der Waals surface area contributed by atoms with E-state index in [9.17, 15) is 4.79 Å². The molecule has 10 heteroatoms. The minimum Gasteiger partial charge on any atom is -0.493 e. The smallest absolute Gasteiger partial charge is 0.252 e. The molecule has 0 radical (unpaired) electrons. The van der Waals surface area contributed by atoms with Gasteiger partial charge in [-0.05, 0) is 36.8 Å². The Morgan fingerprint density at radius 1 is 0.969 bits per heavy atom. The summed E-state index contributed by atoms with van der Waals surface area (Å²) in [5.74, 6) is 2.10. The number of carbonyl (C=O) groups excluding carboxylic acids is 1. The lowest BCUT2D eigenvalue weighted by atomic mass is 10.2. The molecule has 0 bridgehead atoms. The Morgan fingerprint density at radius 3 is 2.16 bits per heavy atom. The number of amides is 1. The molecule has 0 fully saturated rings. The first-order valence-electron chi connectivity index (χ1n) is 9.87. The summed E-state index contributed by atoms with van der Waals surface area (Å²) in [7, 11) is 4.72.